The van der Waals surface area contributed by atoms with Crippen LogP contribution in [0.25, 0.3) is 11.0 Å². The zero-order chi connectivity index (χ0) is 18.5. The maximum atomic E-state index is 11.9. The summed E-state index contributed by atoms with van der Waals surface area (Å²) in [5.41, 5.74) is 1.93. The second-order valence-electron chi connectivity index (χ2n) is 5.48. The number of amides is 1. The minimum atomic E-state index is -0.564. The predicted octanol–water partition coefficient (Wildman–Crippen LogP) is 4.63. The molecule has 0 aliphatic heterocycles. The van der Waals surface area contributed by atoms with Gasteiger partial charge in [0, 0.05) is 29.8 Å². The van der Waals surface area contributed by atoms with E-state index in [2.05, 4.69) is 10.6 Å². The summed E-state index contributed by atoms with van der Waals surface area (Å²) in [6.45, 7) is 2.39. The van der Waals surface area contributed by atoms with Crippen LogP contribution in [-0.4, -0.2) is 12.7 Å². The molecule has 3 aromatic rings. The lowest BCUT2D eigenvalue weighted by atomic mass is 10.1. The standard InChI is InChI=1S/C19H17ClN2O4/c1-2-25-19(24)22-13-7-8-14-12(9-18(23)26-17(14)10-13)11-21-16-6-4-3-5-15(16)20/h3-10,21H,2,11H2,1H3,(H,22,24). The number of hydrogen-bond acceptors (Lipinski definition) is 5. The van der Waals surface area contributed by atoms with Crippen molar-refractivity contribution in [2.45, 2.75) is 13.5 Å². The molecule has 0 aliphatic rings. The van der Waals surface area contributed by atoms with Crippen molar-refractivity contribution in [1.82, 2.24) is 0 Å². The van der Waals surface area contributed by atoms with Crippen molar-refractivity contribution in [3.63, 3.8) is 0 Å². The molecule has 0 saturated heterocycles. The molecule has 1 aromatic heterocycles. The first-order valence-corrected chi connectivity index (χ1v) is 8.43. The Hall–Kier alpha value is -2.99. The van der Waals surface area contributed by atoms with Crippen LogP contribution >= 0.6 is 11.6 Å². The maximum absolute atomic E-state index is 11.9. The van der Waals surface area contributed by atoms with Crippen LogP contribution in [-0.2, 0) is 11.3 Å². The van der Waals surface area contributed by atoms with Crippen molar-refractivity contribution in [2.75, 3.05) is 17.2 Å². The van der Waals surface area contributed by atoms with Gasteiger partial charge in [-0.15, -0.1) is 0 Å². The van der Waals surface area contributed by atoms with Crippen LogP contribution in [0, 0.1) is 0 Å². The summed E-state index contributed by atoms with van der Waals surface area (Å²) in [5, 5.41) is 7.15. The van der Waals surface area contributed by atoms with Crippen LogP contribution < -0.4 is 16.3 Å². The fourth-order valence-corrected chi connectivity index (χ4v) is 2.74. The summed E-state index contributed by atoms with van der Waals surface area (Å²) in [4.78, 5) is 23.4. The Labute approximate surface area is 154 Å². The second-order valence-corrected chi connectivity index (χ2v) is 5.89. The van der Waals surface area contributed by atoms with Crippen molar-refractivity contribution >= 4 is 40.0 Å². The summed E-state index contributed by atoms with van der Waals surface area (Å²) < 4.78 is 10.1. The largest absolute Gasteiger partial charge is 0.450 e. The number of carbonyl (C=O) groups excluding carboxylic acids is 1. The molecule has 0 atom stereocenters. The number of fused-ring (bicyclic) bond motifs is 1. The van der Waals surface area contributed by atoms with Gasteiger partial charge in [0.15, 0.2) is 0 Å². The van der Waals surface area contributed by atoms with E-state index in [1.807, 2.05) is 18.2 Å². The summed E-state index contributed by atoms with van der Waals surface area (Å²) >= 11 is 6.14. The van der Waals surface area contributed by atoms with E-state index in [0.29, 0.717) is 22.8 Å². The molecule has 2 N–H and O–H groups in total. The molecule has 0 unspecified atom stereocenters. The van der Waals surface area contributed by atoms with Gasteiger partial charge in [0.1, 0.15) is 5.58 Å². The van der Waals surface area contributed by atoms with Crippen molar-refractivity contribution in [1.29, 1.82) is 0 Å². The molecular weight excluding hydrogens is 356 g/mol. The van der Waals surface area contributed by atoms with Crippen molar-refractivity contribution in [2.24, 2.45) is 0 Å². The van der Waals surface area contributed by atoms with Crippen molar-refractivity contribution in [3.8, 4) is 0 Å². The van der Waals surface area contributed by atoms with Gasteiger partial charge in [-0.1, -0.05) is 23.7 Å². The number of hydrogen-bond donors (Lipinski definition) is 2. The first kappa shape index (κ1) is 17.8. The fourth-order valence-electron chi connectivity index (χ4n) is 2.53. The summed E-state index contributed by atoms with van der Waals surface area (Å²) in [5.74, 6) is 0. The molecule has 0 bridgehead atoms. The number of halogens is 1. The molecule has 2 aromatic carbocycles. The van der Waals surface area contributed by atoms with Crippen LogP contribution in [0.2, 0.25) is 5.02 Å². The van der Waals surface area contributed by atoms with Crippen LogP contribution in [0.4, 0.5) is 16.2 Å². The third kappa shape index (κ3) is 4.15. The first-order chi connectivity index (χ1) is 12.6. The summed E-state index contributed by atoms with van der Waals surface area (Å²) in [6, 6.07) is 13.9. The number of ether oxygens (including phenoxy) is 1. The first-order valence-electron chi connectivity index (χ1n) is 8.06. The Kier molecular flexibility index (Phi) is 5.43. The third-order valence-electron chi connectivity index (χ3n) is 3.70. The molecule has 3 rings (SSSR count). The quantitative estimate of drug-likeness (QED) is 0.638. The van der Waals surface area contributed by atoms with Gasteiger partial charge in [-0.25, -0.2) is 9.59 Å². The number of nitrogens with one attached hydrogen (secondary N) is 2. The highest BCUT2D eigenvalue weighted by Crippen LogP contribution is 2.24. The number of rotatable bonds is 5. The van der Waals surface area contributed by atoms with E-state index in [1.165, 1.54) is 6.07 Å². The van der Waals surface area contributed by atoms with Gasteiger partial charge >= 0.3 is 11.7 Å². The van der Waals surface area contributed by atoms with Gasteiger partial charge in [-0.05, 0) is 36.8 Å². The van der Waals surface area contributed by atoms with E-state index in [0.717, 1.165) is 16.6 Å². The molecule has 0 fully saturated rings. The monoisotopic (exact) mass is 372 g/mol. The van der Waals surface area contributed by atoms with E-state index in [4.69, 9.17) is 20.8 Å². The van der Waals surface area contributed by atoms with Crippen LogP contribution in [0.3, 0.4) is 0 Å². The van der Waals surface area contributed by atoms with Crippen molar-refractivity contribution < 1.29 is 13.9 Å². The molecule has 0 spiro atoms. The second kappa shape index (κ2) is 7.93. The topological polar surface area (TPSA) is 80.6 Å². The lowest BCUT2D eigenvalue weighted by Gasteiger charge is -2.11. The third-order valence-corrected chi connectivity index (χ3v) is 4.02. The molecule has 26 heavy (non-hydrogen) atoms. The SMILES string of the molecule is CCOC(=O)Nc1ccc2c(CNc3ccccc3Cl)cc(=O)oc2c1. The average molecular weight is 373 g/mol. The number of benzene rings is 2. The number of carbonyl (C=O) groups is 1. The fraction of sp³-hybridized carbons (Fsp3) is 0.158. The predicted molar refractivity (Wildman–Crippen MR) is 102 cm³/mol. The summed E-state index contributed by atoms with van der Waals surface area (Å²) in [7, 11) is 0. The Balaban J connectivity index is 1.87. The Morgan fingerprint density at radius 2 is 2.00 bits per heavy atom. The lowest BCUT2D eigenvalue weighted by molar-refractivity contribution is 0.168. The Morgan fingerprint density at radius 1 is 1.19 bits per heavy atom. The molecule has 6 nitrogen and oxygen atoms in total. The zero-order valence-electron chi connectivity index (χ0n) is 14.0. The molecule has 1 amide bonds. The van der Waals surface area contributed by atoms with Gasteiger partial charge in [-0.2, -0.15) is 0 Å². The van der Waals surface area contributed by atoms with Crippen LogP contribution in [0.15, 0.2) is 57.7 Å². The Bertz CT molecular complexity index is 1000. The van der Waals surface area contributed by atoms with Gasteiger partial charge < -0.3 is 14.5 Å². The highest BCUT2D eigenvalue weighted by atomic mass is 35.5. The highest BCUT2D eigenvalue weighted by molar-refractivity contribution is 6.33. The average Bonchev–Trinajstić information content (AvgIpc) is 2.60. The van der Waals surface area contributed by atoms with Gasteiger partial charge in [-0.3, -0.25) is 5.32 Å². The van der Waals surface area contributed by atoms with E-state index in [9.17, 15) is 9.59 Å². The molecule has 0 aliphatic carbocycles. The highest BCUT2D eigenvalue weighted by Gasteiger charge is 2.09. The molecule has 134 valence electrons. The number of anilines is 2. The van der Waals surface area contributed by atoms with Gasteiger partial charge in [0.05, 0.1) is 17.3 Å². The van der Waals surface area contributed by atoms with Crippen molar-refractivity contribution in [3.05, 3.63) is 69.5 Å². The zero-order valence-corrected chi connectivity index (χ0v) is 14.8. The van der Waals surface area contributed by atoms with E-state index in [-0.39, 0.29) is 6.61 Å². The van der Waals surface area contributed by atoms with Gasteiger partial charge in [0.25, 0.3) is 0 Å². The van der Waals surface area contributed by atoms with Gasteiger partial charge in [0.2, 0.25) is 0 Å². The van der Waals surface area contributed by atoms with E-state index < -0.39 is 11.7 Å². The van der Waals surface area contributed by atoms with E-state index >= 15 is 0 Å². The van der Waals surface area contributed by atoms with Crippen LogP contribution in [0.5, 0.6) is 0 Å². The minimum Gasteiger partial charge on any atom is -0.450 e. The summed E-state index contributed by atoms with van der Waals surface area (Å²) in [6.07, 6.45) is -0.564. The molecule has 0 saturated carbocycles. The molecule has 1 heterocycles. The number of para-hydroxylation sites is 1. The molecule has 0 radical (unpaired) electrons. The molecular formula is C19H17ClN2O4. The maximum Gasteiger partial charge on any atom is 0.411 e. The normalized spacial score (nSPS) is 10.5. The lowest BCUT2D eigenvalue weighted by Crippen LogP contribution is -2.13. The minimum absolute atomic E-state index is 0.270. The Morgan fingerprint density at radius 3 is 2.77 bits per heavy atom. The van der Waals surface area contributed by atoms with E-state index in [1.54, 1.807) is 31.2 Å². The molecule has 7 heteroatoms. The smallest absolute Gasteiger partial charge is 0.411 e. The van der Waals surface area contributed by atoms with Crippen LogP contribution in [0.1, 0.15) is 12.5 Å².